The molecule has 0 unspecified atom stereocenters. The van der Waals surface area contributed by atoms with Crippen LogP contribution in [0.2, 0.25) is 0 Å². The molecule has 1 fully saturated rings. The van der Waals surface area contributed by atoms with Gasteiger partial charge in [-0.25, -0.2) is 0 Å². The Morgan fingerprint density at radius 1 is 0.933 bits per heavy atom. The maximum absolute atomic E-state index is 12.6. The Kier molecular flexibility index (Phi) is 12.4. The maximum Gasteiger partial charge on any atom is 0.263 e. The minimum Gasteiger partial charge on any atom is -0.390 e. The molecule has 0 aliphatic heterocycles. The molecular formula is C26H39N3O. The molecule has 0 atom stereocenters. The smallest absolute Gasteiger partial charge is 0.263 e. The van der Waals surface area contributed by atoms with Crippen LogP contribution in [0.4, 0.5) is 0 Å². The molecule has 4 nitrogen and oxygen atoms in total. The van der Waals surface area contributed by atoms with Crippen molar-refractivity contribution in [1.82, 2.24) is 10.6 Å². The zero-order valence-electron chi connectivity index (χ0n) is 18.5. The van der Waals surface area contributed by atoms with Gasteiger partial charge in [0.15, 0.2) is 0 Å². The van der Waals surface area contributed by atoms with Crippen molar-refractivity contribution >= 4 is 5.91 Å². The summed E-state index contributed by atoms with van der Waals surface area (Å²) >= 11 is 0. The first-order chi connectivity index (χ1) is 14.8. The van der Waals surface area contributed by atoms with E-state index in [1.807, 2.05) is 6.07 Å². The van der Waals surface area contributed by atoms with Gasteiger partial charge in [-0.2, -0.15) is 5.26 Å². The van der Waals surface area contributed by atoms with Crippen LogP contribution in [0.3, 0.4) is 0 Å². The standard InChI is InChI=1S/C26H39N3O/c27-21-24(22-28-20-14-13-17-23-15-9-8-10-16-23)26(30)29-25-18-11-6-4-2-1-3-5-7-12-19-25/h8-10,15-16,22,25,28H,1-7,11-14,17-20H2,(H,29,30)/b24-22-. The molecule has 0 spiro atoms. The SMILES string of the molecule is N#C/C(=C/NCCCCc1ccccc1)C(=O)NC1CCCCCCCCCCC1. The van der Waals surface area contributed by atoms with E-state index in [2.05, 4.69) is 41.0 Å². The molecule has 1 amide bonds. The highest BCUT2D eigenvalue weighted by Crippen LogP contribution is 2.17. The van der Waals surface area contributed by atoms with Crippen LogP contribution in [-0.2, 0) is 11.2 Å². The minimum absolute atomic E-state index is 0.184. The van der Waals surface area contributed by atoms with Crippen LogP contribution < -0.4 is 10.6 Å². The fourth-order valence-electron chi connectivity index (χ4n) is 4.09. The van der Waals surface area contributed by atoms with Crippen molar-refractivity contribution in [2.45, 2.75) is 95.9 Å². The lowest BCUT2D eigenvalue weighted by Crippen LogP contribution is -2.36. The number of aryl methyl sites for hydroxylation is 1. The fraction of sp³-hybridized carbons (Fsp3) is 0.615. The normalized spacial score (nSPS) is 17.2. The van der Waals surface area contributed by atoms with Gasteiger partial charge in [0, 0.05) is 18.8 Å². The molecule has 4 heteroatoms. The van der Waals surface area contributed by atoms with E-state index in [1.165, 1.54) is 50.5 Å². The third kappa shape index (κ3) is 10.5. The number of nitrogens with one attached hydrogen (secondary N) is 2. The van der Waals surface area contributed by atoms with Crippen LogP contribution in [0.25, 0.3) is 0 Å². The third-order valence-corrected chi connectivity index (χ3v) is 5.93. The van der Waals surface area contributed by atoms with Crippen LogP contribution in [0, 0.1) is 11.3 Å². The predicted molar refractivity (Wildman–Crippen MR) is 124 cm³/mol. The average Bonchev–Trinajstić information content (AvgIpc) is 2.76. The first kappa shape index (κ1) is 24.0. The van der Waals surface area contributed by atoms with Gasteiger partial charge in [0.25, 0.3) is 5.91 Å². The van der Waals surface area contributed by atoms with E-state index in [0.29, 0.717) is 0 Å². The number of hydrogen-bond donors (Lipinski definition) is 2. The van der Waals surface area contributed by atoms with Crippen molar-refractivity contribution in [2.24, 2.45) is 0 Å². The van der Waals surface area contributed by atoms with Gasteiger partial charge in [-0.15, -0.1) is 0 Å². The van der Waals surface area contributed by atoms with Gasteiger partial charge in [0.05, 0.1) is 0 Å². The zero-order chi connectivity index (χ0) is 21.3. The second-order valence-electron chi connectivity index (χ2n) is 8.50. The Morgan fingerprint density at radius 3 is 2.13 bits per heavy atom. The topological polar surface area (TPSA) is 64.9 Å². The van der Waals surface area contributed by atoms with Crippen LogP contribution in [-0.4, -0.2) is 18.5 Å². The highest BCUT2D eigenvalue weighted by Gasteiger charge is 2.15. The molecule has 1 aliphatic rings. The summed E-state index contributed by atoms with van der Waals surface area (Å²) < 4.78 is 0. The first-order valence-electron chi connectivity index (χ1n) is 12.0. The van der Waals surface area contributed by atoms with E-state index < -0.39 is 0 Å². The van der Waals surface area contributed by atoms with E-state index in [0.717, 1.165) is 51.5 Å². The number of unbranched alkanes of at least 4 members (excludes halogenated alkanes) is 1. The van der Waals surface area contributed by atoms with Gasteiger partial charge in [0.2, 0.25) is 0 Å². The van der Waals surface area contributed by atoms with Crippen LogP contribution in [0.15, 0.2) is 42.1 Å². The number of rotatable bonds is 8. The van der Waals surface area contributed by atoms with Crippen molar-refractivity contribution < 1.29 is 4.79 Å². The largest absolute Gasteiger partial charge is 0.390 e. The lowest BCUT2D eigenvalue weighted by Gasteiger charge is -2.19. The quantitative estimate of drug-likeness (QED) is 0.324. The molecule has 1 saturated carbocycles. The summed E-state index contributed by atoms with van der Waals surface area (Å²) in [5.41, 5.74) is 1.53. The van der Waals surface area contributed by atoms with Crippen molar-refractivity contribution in [3.63, 3.8) is 0 Å². The lowest BCUT2D eigenvalue weighted by atomic mass is 9.98. The Hall–Kier alpha value is -2.28. The number of hydrogen-bond acceptors (Lipinski definition) is 3. The van der Waals surface area contributed by atoms with E-state index in [9.17, 15) is 10.1 Å². The minimum atomic E-state index is -0.230. The van der Waals surface area contributed by atoms with Crippen molar-refractivity contribution in [1.29, 1.82) is 5.26 Å². The first-order valence-corrected chi connectivity index (χ1v) is 12.0. The molecule has 0 bridgehead atoms. The molecule has 2 N–H and O–H groups in total. The Morgan fingerprint density at radius 2 is 1.53 bits per heavy atom. The highest BCUT2D eigenvalue weighted by atomic mass is 16.1. The van der Waals surface area contributed by atoms with Crippen molar-refractivity contribution in [3.05, 3.63) is 47.7 Å². The van der Waals surface area contributed by atoms with Gasteiger partial charge in [-0.05, 0) is 37.7 Å². The summed E-state index contributed by atoms with van der Waals surface area (Å²) in [7, 11) is 0. The third-order valence-electron chi connectivity index (χ3n) is 5.93. The summed E-state index contributed by atoms with van der Waals surface area (Å²) in [6, 6.07) is 12.7. The van der Waals surface area contributed by atoms with Gasteiger partial charge in [-0.1, -0.05) is 88.1 Å². The van der Waals surface area contributed by atoms with Crippen LogP contribution in [0.5, 0.6) is 0 Å². The Labute approximate surface area is 183 Å². The molecule has 30 heavy (non-hydrogen) atoms. The van der Waals surface area contributed by atoms with E-state index >= 15 is 0 Å². The second-order valence-corrected chi connectivity index (χ2v) is 8.50. The Balaban J connectivity index is 1.71. The number of nitrogens with zero attached hydrogens (tertiary/aromatic N) is 1. The molecule has 0 heterocycles. The van der Waals surface area contributed by atoms with Crippen LogP contribution in [0.1, 0.15) is 89.0 Å². The van der Waals surface area contributed by atoms with E-state index in [1.54, 1.807) is 6.20 Å². The monoisotopic (exact) mass is 409 g/mol. The highest BCUT2D eigenvalue weighted by molar-refractivity contribution is 5.97. The second kappa shape index (κ2) is 15.5. The number of carbonyl (C=O) groups is 1. The van der Waals surface area contributed by atoms with Gasteiger partial charge in [-0.3, -0.25) is 4.79 Å². The fourth-order valence-corrected chi connectivity index (χ4v) is 4.09. The molecule has 164 valence electrons. The molecule has 0 aromatic heterocycles. The van der Waals surface area contributed by atoms with Crippen molar-refractivity contribution in [2.75, 3.05) is 6.54 Å². The summed E-state index contributed by atoms with van der Waals surface area (Å²) in [4.78, 5) is 12.6. The summed E-state index contributed by atoms with van der Waals surface area (Å²) in [5, 5.41) is 15.7. The summed E-state index contributed by atoms with van der Waals surface area (Å²) in [6.45, 7) is 0.773. The van der Waals surface area contributed by atoms with E-state index in [4.69, 9.17) is 0 Å². The molecule has 0 radical (unpaired) electrons. The Bertz CT molecular complexity index is 651. The molecular weight excluding hydrogens is 370 g/mol. The molecule has 1 aromatic carbocycles. The molecule has 1 aliphatic carbocycles. The molecule has 0 saturated heterocycles. The summed E-state index contributed by atoms with van der Waals surface area (Å²) in [6.07, 6.45) is 18.3. The number of benzene rings is 1. The van der Waals surface area contributed by atoms with Gasteiger partial charge < -0.3 is 10.6 Å². The summed E-state index contributed by atoms with van der Waals surface area (Å²) in [5.74, 6) is -0.230. The van der Waals surface area contributed by atoms with Crippen LogP contribution >= 0.6 is 0 Å². The number of carbonyl (C=O) groups excluding carboxylic acids is 1. The van der Waals surface area contributed by atoms with Crippen molar-refractivity contribution in [3.8, 4) is 6.07 Å². The van der Waals surface area contributed by atoms with E-state index in [-0.39, 0.29) is 17.5 Å². The number of nitriles is 1. The maximum atomic E-state index is 12.6. The predicted octanol–water partition coefficient (Wildman–Crippen LogP) is 5.80. The molecule has 2 rings (SSSR count). The average molecular weight is 410 g/mol. The zero-order valence-corrected chi connectivity index (χ0v) is 18.5. The molecule has 1 aromatic rings. The number of amides is 1. The van der Waals surface area contributed by atoms with Gasteiger partial charge in [0.1, 0.15) is 11.6 Å². The van der Waals surface area contributed by atoms with Gasteiger partial charge >= 0.3 is 0 Å². The lowest BCUT2D eigenvalue weighted by molar-refractivity contribution is -0.117.